The van der Waals surface area contributed by atoms with E-state index in [9.17, 15) is 23.5 Å². The van der Waals surface area contributed by atoms with E-state index >= 15 is 0 Å². The van der Waals surface area contributed by atoms with Gasteiger partial charge in [0.2, 0.25) is 5.91 Å². The lowest BCUT2D eigenvalue weighted by Gasteiger charge is -2.28. The van der Waals surface area contributed by atoms with E-state index in [1.54, 1.807) is 13.2 Å². The number of nitrogens with zero attached hydrogens (tertiary/aromatic N) is 2. The Morgan fingerprint density at radius 1 is 1.11 bits per heavy atom. The Morgan fingerprint density at radius 2 is 1.76 bits per heavy atom. The number of quaternary nitrogens is 1. The predicted molar refractivity (Wildman–Crippen MR) is 132 cm³/mol. The molecule has 0 saturated heterocycles. The molecule has 0 radical (unpaired) electrons. The summed E-state index contributed by atoms with van der Waals surface area (Å²) in [7, 11) is 7.78. The molecule has 0 spiro atoms. The van der Waals surface area contributed by atoms with Gasteiger partial charge in [-0.3, -0.25) is 4.79 Å². The van der Waals surface area contributed by atoms with E-state index in [0.717, 1.165) is 27.9 Å². The summed E-state index contributed by atoms with van der Waals surface area (Å²) < 4.78 is 40.5. The first kappa shape index (κ1) is 26.7. The van der Waals surface area contributed by atoms with Crippen LogP contribution in [0.4, 0.5) is 8.78 Å². The van der Waals surface area contributed by atoms with E-state index in [0.29, 0.717) is 39.8 Å². The normalized spacial score (nSPS) is 14.4. The monoisotopic (exact) mass is 533 g/mol. The van der Waals surface area contributed by atoms with Gasteiger partial charge in [0, 0.05) is 24.5 Å². The van der Waals surface area contributed by atoms with Gasteiger partial charge in [0.15, 0.2) is 23.1 Å². The number of hydrogen-bond donors (Lipinski definition) is 1. The van der Waals surface area contributed by atoms with Crippen LogP contribution in [-0.2, 0) is 29.0 Å². The molecular weight excluding hydrogens is 504 g/mol. The van der Waals surface area contributed by atoms with E-state index in [4.69, 9.17) is 9.47 Å². The third kappa shape index (κ3) is 5.99. The van der Waals surface area contributed by atoms with Gasteiger partial charge in [-0.05, 0) is 36.1 Å². The number of likely N-dealkylation sites (N-methyl/N-ethyl adjacent to an activating group) is 1. The number of amides is 1. The first-order chi connectivity index (χ1) is 17.4. The Labute approximate surface area is 217 Å². The Kier molecular flexibility index (Phi) is 7.38. The van der Waals surface area contributed by atoms with Crippen molar-refractivity contribution >= 4 is 33.4 Å². The van der Waals surface area contributed by atoms with Crippen LogP contribution in [0.5, 0.6) is 11.5 Å². The molecule has 198 valence electrons. The summed E-state index contributed by atoms with van der Waals surface area (Å²) in [6.45, 7) is 1.35. The van der Waals surface area contributed by atoms with Crippen LogP contribution in [0.1, 0.15) is 22.6 Å². The molecule has 1 N–H and O–H groups in total. The topological polar surface area (TPSA) is 101 Å². The van der Waals surface area contributed by atoms with E-state index in [1.165, 1.54) is 11.3 Å². The molecule has 3 aromatic rings. The molecule has 0 atom stereocenters. The number of carboxylic acids is 1. The zero-order valence-electron chi connectivity index (χ0n) is 21.2. The van der Waals surface area contributed by atoms with Gasteiger partial charge in [-0.15, -0.1) is 11.3 Å². The number of ether oxygens (including phenoxy) is 2. The lowest BCUT2D eigenvalue weighted by Crippen LogP contribution is -2.45. The highest BCUT2D eigenvalue weighted by Gasteiger charge is 2.44. The van der Waals surface area contributed by atoms with Crippen molar-refractivity contribution in [3.05, 3.63) is 52.0 Å². The van der Waals surface area contributed by atoms with Gasteiger partial charge < -0.3 is 29.2 Å². The van der Waals surface area contributed by atoms with Gasteiger partial charge in [-0.1, -0.05) is 0 Å². The number of hydrogen-bond acceptors (Lipinski definition) is 7. The van der Waals surface area contributed by atoms with Crippen LogP contribution in [0.3, 0.4) is 0 Å². The third-order valence-electron chi connectivity index (χ3n) is 6.40. The van der Waals surface area contributed by atoms with Crippen LogP contribution in [-0.4, -0.2) is 62.7 Å². The standard InChI is InChI=1S/C26H29F2N3O5S/c1-31(2,3)5-6-36-21-9-19-22(10-20(21)35-4)37-23(30-19)14-29-25(34)26(13-24(32)33)11-15-7-17(27)18(28)8-16(15)12-26/h7-10H,5-6,11-14H2,1-4H3,(H-,29,32,33,34). The van der Waals surface area contributed by atoms with E-state index in [-0.39, 0.29) is 19.4 Å². The molecule has 1 aliphatic carbocycles. The first-order valence-electron chi connectivity index (χ1n) is 11.7. The van der Waals surface area contributed by atoms with Gasteiger partial charge in [-0.2, -0.15) is 0 Å². The van der Waals surface area contributed by atoms with Crippen molar-refractivity contribution in [2.24, 2.45) is 5.41 Å². The summed E-state index contributed by atoms with van der Waals surface area (Å²) >= 11 is 1.36. The third-order valence-corrected chi connectivity index (χ3v) is 7.42. The number of thiazole rings is 1. The number of methoxy groups -OCH3 is 1. The summed E-state index contributed by atoms with van der Waals surface area (Å²) in [6.07, 6.45) is -0.615. The van der Waals surface area contributed by atoms with Gasteiger partial charge in [0.25, 0.3) is 0 Å². The number of carbonyl (C=O) groups excluding carboxylic acids is 2. The molecule has 8 nitrogen and oxygen atoms in total. The first-order valence-corrected chi connectivity index (χ1v) is 12.6. The number of aliphatic carboxylic acids is 1. The smallest absolute Gasteiger partial charge is 0.227 e. The molecule has 0 bridgehead atoms. The summed E-state index contributed by atoms with van der Waals surface area (Å²) in [5.41, 5.74) is 0.118. The molecule has 4 rings (SSSR count). The minimum Gasteiger partial charge on any atom is -0.550 e. The Hall–Kier alpha value is -3.31. The van der Waals surface area contributed by atoms with Crippen molar-refractivity contribution in [2.75, 3.05) is 41.4 Å². The van der Waals surface area contributed by atoms with Gasteiger partial charge in [0.05, 0.1) is 50.4 Å². The van der Waals surface area contributed by atoms with Gasteiger partial charge >= 0.3 is 0 Å². The molecule has 11 heteroatoms. The molecule has 0 unspecified atom stereocenters. The van der Waals surface area contributed by atoms with Crippen LogP contribution >= 0.6 is 11.3 Å². The Morgan fingerprint density at radius 3 is 2.32 bits per heavy atom. The minimum absolute atomic E-state index is 0.0234. The summed E-state index contributed by atoms with van der Waals surface area (Å²) in [4.78, 5) is 29.3. The van der Waals surface area contributed by atoms with Crippen molar-refractivity contribution in [1.29, 1.82) is 0 Å². The predicted octanol–water partition coefficient (Wildman–Crippen LogP) is 2.21. The minimum atomic E-state index is -1.41. The number of carboxylic acid groups (broad SMARTS) is 1. The number of carbonyl (C=O) groups is 2. The lowest BCUT2D eigenvalue weighted by atomic mass is 9.80. The van der Waals surface area contributed by atoms with E-state index < -0.39 is 35.3 Å². The van der Waals surface area contributed by atoms with E-state index in [1.807, 2.05) is 6.07 Å². The Balaban J connectivity index is 1.50. The van der Waals surface area contributed by atoms with Gasteiger partial charge in [0.1, 0.15) is 18.2 Å². The molecule has 1 aromatic heterocycles. The molecule has 2 aromatic carbocycles. The van der Waals surface area contributed by atoms with Crippen LogP contribution < -0.4 is 19.9 Å². The maximum Gasteiger partial charge on any atom is 0.227 e. The maximum atomic E-state index is 13.7. The van der Waals surface area contributed by atoms with Crippen LogP contribution in [0.2, 0.25) is 0 Å². The summed E-state index contributed by atoms with van der Waals surface area (Å²) in [5, 5.41) is 14.9. The largest absolute Gasteiger partial charge is 0.550 e. The maximum absolute atomic E-state index is 13.7. The average molecular weight is 534 g/mol. The Bertz CT molecular complexity index is 1320. The summed E-state index contributed by atoms with van der Waals surface area (Å²) in [6, 6.07) is 5.67. The molecule has 1 aliphatic rings. The second kappa shape index (κ2) is 10.2. The fourth-order valence-electron chi connectivity index (χ4n) is 4.50. The van der Waals surface area contributed by atoms with Crippen molar-refractivity contribution in [3.63, 3.8) is 0 Å². The van der Waals surface area contributed by atoms with Crippen molar-refractivity contribution in [3.8, 4) is 11.5 Å². The number of fused-ring (bicyclic) bond motifs is 2. The van der Waals surface area contributed by atoms with Crippen molar-refractivity contribution in [1.82, 2.24) is 10.3 Å². The molecular formula is C26H29F2N3O5S. The molecule has 1 heterocycles. The summed E-state index contributed by atoms with van der Waals surface area (Å²) in [5.74, 6) is -2.86. The number of nitrogens with one attached hydrogen (secondary N) is 1. The van der Waals surface area contributed by atoms with Crippen molar-refractivity contribution < 1.29 is 37.4 Å². The second-order valence-corrected chi connectivity index (χ2v) is 11.5. The quantitative estimate of drug-likeness (QED) is 0.401. The molecule has 37 heavy (non-hydrogen) atoms. The zero-order chi connectivity index (χ0) is 27.0. The molecule has 0 saturated carbocycles. The fourth-order valence-corrected chi connectivity index (χ4v) is 5.41. The zero-order valence-corrected chi connectivity index (χ0v) is 22.0. The SMILES string of the molecule is COc1cc2sc(CNC(=O)C3(CC(=O)[O-])Cc4cc(F)c(F)cc4C3)nc2cc1OCC[N+](C)(C)C. The van der Waals surface area contributed by atoms with Crippen LogP contribution in [0.25, 0.3) is 10.2 Å². The second-order valence-electron chi connectivity index (χ2n) is 10.3. The highest BCUT2D eigenvalue weighted by molar-refractivity contribution is 7.18. The number of benzene rings is 2. The van der Waals surface area contributed by atoms with Crippen LogP contribution in [0.15, 0.2) is 24.3 Å². The average Bonchev–Trinajstić information content (AvgIpc) is 3.36. The number of aromatic nitrogens is 1. The fraction of sp³-hybridized carbons (Fsp3) is 0.423. The van der Waals surface area contributed by atoms with E-state index in [2.05, 4.69) is 31.4 Å². The van der Waals surface area contributed by atoms with Gasteiger partial charge in [-0.25, -0.2) is 13.8 Å². The molecule has 0 aliphatic heterocycles. The van der Waals surface area contributed by atoms with Crippen molar-refractivity contribution in [2.45, 2.75) is 25.8 Å². The highest BCUT2D eigenvalue weighted by Crippen LogP contribution is 2.41. The molecule has 1 amide bonds. The lowest BCUT2D eigenvalue weighted by molar-refractivity contribution is -0.870. The number of halogens is 2. The highest BCUT2D eigenvalue weighted by atomic mass is 32.1. The molecule has 0 fully saturated rings. The van der Waals surface area contributed by atoms with Crippen LogP contribution in [0, 0.1) is 17.0 Å². The number of rotatable bonds is 10.